The lowest BCUT2D eigenvalue weighted by Gasteiger charge is -2.15. The van der Waals surface area contributed by atoms with Gasteiger partial charge in [-0.05, 0) is 13.0 Å². The van der Waals surface area contributed by atoms with E-state index in [0.717, 1.165) is 13.1 Å². The maximum atomic E-state index is 4.47. The van der Waals surface area contributed by atoms with Gasteiger partial charge < -0.3 is 9.88 Å². The Kier molecular flexibility index (Phi) is 2.35. The van der Waals surface area contributed by atoms with E-state index < -0.39 is 0 Å². The van der Waals surface area contributed by atoms with Crippen molar-refractivity contribution < 1.29 is 0 Å². The standard InChI is InChI=1S/C11H19N3/c1-11(2,3)10-7-14(8-13-10)9-4-5-12-6-9/h7-9,12H,4-6H2,1-3H3/t9-/m0/s1. The second-order valence-electron chi connectivity index (χ2n) is 5.10. The molecule has 3 heteroatoms. The number of aromatic nitrogens is 2. The summed E-state index contributed by atoms with van der Waals surface area (Å²) in [6, 6.07) is 0.610. The first-order valence-electron chi connectivity index (χ1n) is 5.32. The van der Waals surface area contributed by atoms with E-state index in [0.29, 0.717) is 6.04 Å². The van der Waals surface area contributed by atoms with Crippen LogP contribution in [0.2, 0.25) is 0 Å². The van der Waals surface area contributed by atoms with Crippen molar-refractivity contribution >= 4 is 0 Å². The molecule has 0 spiro atoms. The fourth-order valence-corrected chi connectivity index (χ4v) is 1.82. The third kappa shape index (κ3) is 1.82. The van der Waals surface area contributed by atoms with Crippen LogP contribution in [0.15, 0.2) is 12.5 Å². The van der Waals surface area contributed by atoms with Crippen LogP contribution in [0, 0.1) is 0 Å². The van der Waals surface area contributed by atoms with Crippen LogP contribution >= 0.6 is 0 Å². The van der Waals surface area contributed by atoms with Crippen LogP contribution in [-0.4, -0.2) is 22.6 Å². The second-order valence-corrected chi connectivity index (χ2v) is 5.10. The van der Waals surface area contributed by atoms with Gasteiger partial charge in [0.25, 0.3) is 0 Å². The molecule has 3 nitrogen and oxygen atoms in total. The second kappa shape index (κ2) is 3.39. The molecule has 1 saturated heterocycles. The van der Waals surface area contributed by atoms with Crippen LogP contribution in [0.4, 0.5) is 0 Å². The quantitative estimate of drug-likeness (QED) is 0.736. The van der Waals surface area contributed by atoms with Crippen LogP contribution in [0.25, 0.3) is 0 Å². The van der Waals surface area contributed by atoms with Gasteiger partial charge in [-0.25, -0.2) is 4.98 Å². The van der Waals surface area contributed by atoms with Gasteiger partial charge in [-0.1, -0.05) is 20.8 Å². The third-order valence-corrected chi connectivity index (χ3v) is 2.83. The van der Waals surface area contributed by atoms with Gasteiger partial charge in [0.15, 0.2) is 0 Å². The van der Waals surface area contributed by atoms with E-state index in [1.54, 1.807) is 0 Å². The van der Waals surface area contributed by atoms with Crippen molar-refractivity contribution in [3.8, 4) is 0 Å². The number of hydrogen-bond acceptors (Lipinski definition) is 2. The third-order valence-electron chi connectivity index (χ3n) is 2.83. The lowest BCUT2D eigenvalue weighted by atomic mass is 9.93. The molecule has 0 aromatic carbocycles. The molecule has 1 aromatic rings. The van der Waals surface area contributed by atoms with Crippen LogP contribution in [0.5, 0.6) is 0 Å². The van der Waals surface area contributed by atoms with E-state index in [1.807, 2.05) is 6.33 Å². The summed E-state index contributed by atoms with van der Waals surface area (Å²) < 4.78 is 2.25. The molecule has 0 unspecified atom stereocenters. The van der Waals surface area contributed by atoms with Crippen LogP contribution < -0.4 is 5.32 Å². The number of rotatable bonds is 1. The van der Waals surface area contributed by atoms with E-state index in [9.17, 15) is 0 Å². The molecule has 1 aromatic heterocycles. The molecule has 0 aliphatic carbocycles. The summed E-state index contributed by atoms with van der Waals surface area (Å²) in [5.41, 5.74) is 1.35. The van der Waals surface area contributed by atoms with E-state index in [2.05, 4.69) is 41.8 Å². The van der Waals surface area contributed by atoms with Gasteiger partial charge in [-0.3, -0.25) is 0 Å². The first-order chi connectivity index (χ1) is 6.57. The Morgan fingerprint density at radius 2 is 2.29 bits per heavy atom. The fraction of sp³-hybridized carbons (Fsp3) is 0.727. The topological polar surface area (TPSA) is 29.9 Å². The molecule has 1 fully saturated rings. The van der Waals surface area contributed by atoms with Gasteiger partial charge in [0, 0.05) is 24.2 Å². The first kappa shape index (κ1) is 9.71. The molecule has 0 bridgehead atoms. The molecular formula is C11H19N3. The van der Waals surface area contributed by atoms with Crippen molar-refractivity contribution in [2.45, 2.75) is 38.6 Å². The Hall–Kier alpha value is -0.830. The largest absolute Gasteiger partial charge is 0.333 e. The highest BCUT2D eigenvalue weighted by molar-refractivity contribution is 5.10. The van der Waals surface area contributed by atoms with Crippen molar-refractivity contribution in [2.24, 2.45) is 0 Å². The van der Waals surface area contributed by atoms with E-state index in [1.165, 1.54) is 12.1 Å². The van der Waals surface area contributed by atoms with Gasteiger partial charge in [0.2, 0.25) is 0 Å². The summed E-state index contributed by atoms with van der Waals surface area (Å²) in [5, 5.41) is 3.37. The lowest BCUT2D eigenvalue weighted by Crippen LogP contribution is -2.13. The minimum absolute atomic E-state index is 0.164. The van der Waals surface area contributed by atoms with Gasteiger partial charge >= 0.3 is 0 Å². The lowest BCUT2D eigenvalue weighted by molar-refractivity contribution is 0.538. The Morgan fingerprint density at radius 1 is 1.50 bits per heavy atom. The van der Waals surface area contributed by atoms with Crippen LogP contribution in [0.3, 0.4) is 0 Å². The van der Waals surface area contributed by atoms with E-state index >= 15 is 0 Å². The first-order valence-corrected chi connectivity index (χ1v) is 5.32. The SMILES string of the molecule is CC(C)(C)c1cn([C@H]2CCNC2)cn1. The van der Waals surface area contributed by atoms with Crippen molar-refractivity contribution in [1.82, 2.24) is 14.9 Å². The molecule has 0 amide bonds. The minimum Gasteiger partial charge on any atom is -0.333 e. The number of nitrogens with one attached hydrogen (secondary N) is 1. The number of hydrogen-bond donors (Lipinski definition) is 1. The maximum Gasteiger partial charge on any atom is 0.0952 e. The molecule has 78 valence electrons. The van der Waals surface area contributed by atoms with Crippen molar-refractivity contribution in [2.75, 3.05) is 13.1 Å². The highest BCUT2D eigenvalue weighted by Gasteiger charge is 2.20. The van der Waals surface area contributed by atoms with Crippen molar-refractivity contribution in [3.05, 3.63) is 18.2 Å². The van der Waals surface area contributed by atoms with Crippen molar-refractivity contribution in [3.63, 3.8) is 0 Å². The minimum atomic E-state index is 0.164. The molecule has 1 atom stereocenters. The average molecular weight is 193 g/mol. The summed E-state index contributed by atoms with van der Waals surface area (Å²) in [7, 11) is 0. The van der Waals surface area contributed by atoms with Crippen LogP contribution in [-0.2, 0) is 5.41 Å². The molecular weight excluding hydrogens is 174 g/mol. The normalized spacial score (nSPS) is 22.9. The number of imidazole rings is 1. The molecule has 14 heavy (non-hydrogen) atoms. The van der Waals surface area contributed by atoms with Crippen molar-refractivity contribution in [1.29, 1.82) is 0 Å². The van der Waals surface area contributed by atoms with Crippen LogP contribution in [0.1, 0.15) is 38.9 Å². The predicted octanol–water partition coefficient (Wildman–Crippen LogP) is 1.71. The maximum absolute atomic E-state index is 4.47. The Balaban J connectivity index is 2.17. The molecule has 2 heterocycles. The summed E-state index contributed by atoms with van der Waals surface area (Å²) in [6.07, 6.45) is 5.38. The molecule has 2 rings (SSSR count). The van der Waals surface area contributed by atoms with E-state index in [-0.39, 0.29) is 5.41 Å². The Morgan fingerprint density at radius 3 is 2.79 bits per heavy atom. The van der Waals surface area contributed by atoms with E-state index in [4.69, 9.17) is 0 Å². The van der Waals surface area contributed by atoms with Gasteiger partial charge in [0.1, 0.15) is 0 Å². The zero-order chi connectivity index (χ0) is 10.2. The Bertz CT molecular complexity index is 303. The predicted molar refractivity (Wildman–Crippen MR) is 57.5 cm³/mol. The zero-order valence-electron chi connectivity index (χ0n) is 9.25. The zero-order valence-corrected chi connectivity index (χ0v) is 9.25. The smallest absolute Gasteiger partial charge is 0.0952 e. The summed E-state index contributed by atoms with van der Waals surface area (Å²) in [4.78, 5) is 4.47. The van der Waals surface area contributed by atoms with Gasteiger partial charge in [-0.2, -0.15) is 0 Å². The molecule has 1 N–H and O–H groups in total. The molecule has 0 saturated carbocycles. The summed E-state index contributed by atoms with van der Waals surface area (Å²) in [5.74, 6) is 0. The fourth-order valence-electron chi connectivity index (χ4n) is 1.82. The summed E-state index contributed by atoms with van der Waals surface area (Å²) >= 11 is 0. The van der Waals surface area contributed by atoms with Gasteiger partial charge in [-0.15, -0.1) is 0 Å². The number of nitrogens with zero attached hydrogens (tertiary/aromatic N) is 2. The molecule has 0 radical (unpaired) electrons. The highest BCUT2D eigenvalue weighted by Crippen LogP contribution is 2.22. The monoisotopic (exact) mass is 193 g/mol. The molecule has 1 aliphatic rings. The highest BCUT2D eigenvalue weighted by atomic mass is 15.1. The van der Waals surface area contributed by atoms with Gasteiger partial charge in [0.05, 0.1) is 12.0 Å². The summed E-state index contributed by atoms with van der Waals surface area (Å²) in [6.45, 7) is 8.82. The average Bonchev–Trinajstić information content (AvgIpc) is 2.73. The molecule has 1 aliphatic heterocycles. The Labute approximate surface area is 85.5 Å².